The van der Waals surface area contributed by atoms with E-state index in [0.29, 0.717) is 13.0 Å². The molecule has 0 radical (unpaired) electrons. The van der Waals surface area contributed by atoms with Gasteiger partial charge in [-0.3, -0.25) is 0 Å². The highest BCUT2D eigenvalue weighted by Gasteiger charge is 2.62. The lowest BCUT2D eigenvalue weighted by Crippen LogP contribution is -2.66. The van der Waals surface area contributed by atoms with Crippen LogP contribution in [0.1, 0.15) is 40.5 Å². The van der Waals surface area contributed by atoms with Crippen molar-refractivity contribution in [3.63, 3.8) is 0 Å². The lowest BCUT2D eigenvalue weighted by molar-refractivity contribution is -0.365. The minimum atomic E-state index is -1.94. The van der Waals surface area contributed by atoms with Gasteiger partial charge in [-0.1, -0.05) is 40.9 Å². The van der Waals surface area contributed by atoms with Gasteiger partial charge >= 0.3 is 12.2 Å². The number of allylic oxidation sites excluding steroid dienone is 1. The number of carbonyl (C=O) groups excluding carboxylic acids is 2. The van der Waals surface area contributed by atoms with Crippen LogP contribution < -0.4 is 0 Å². The van der Waals surface area contributed by atoms with Gasteiger partial charge in [-0.15, -0.1) is 6.58 Å². The van der Waals surface area contributed by atoms with E-state index in [4.69, 9.17) is 63.2 Å². The molecule has 0 bridgehead atoms. The maximum absolute atomic E-state index is 13.0. The van der Waals surface area contributed by atoms with Crippen molar-refractivity contribution in [2.45, 2.75) is 86.4 Å². The molecule has 5 atom stereocenters. The van der Waals surface area contributed by atoms with Crippen molar-refractivity contribution in [3.8, 4) is 0 Å². The Hall–Kier alpha value is -0.810. The van der Waals surface area contributed by atoms with E-state index in [-0.39, 0.29) is 6.61 Å². The van der Waals surface area contributed by atoms with Crippen LogP contribution in [0.25, 0.3) is 0 Å². The van der Waals surface area contributed by atoms with Gasteiger partial charge < -0.3 is 28.4 Å². The molecule has 0 saturated carbocycles. The third-order valence-corrected chi connectivity index (χ3v) is 6.78. The van der Waals surface area contributed by atoms with Gasteiger partial charge in [0.05, 0.1) is 13.2 Å². The fourth-order valence-electron chi connectivity index (χ4n) is 3.60. The van der Waals surface area contributed by atoms with Crippen LogP contribution >= 0.6 is 34.8 Å². The van der Waals surface area contributed by atoms with Gasteiger partial charge in [-0.2, -0.15) is 4.90 Å². The van der Waals surface area contributed by atoms with Gasteiger partial charge in [0.25, 0.3) is 0 Å². The van der Waals surface area contributed by atoms with Crippen LogP contribution in [0, 0.1) is 0 Å². The first-order valence-electron chi connectivity index (χ1n) is 10.3. The molecule has 0 aliphatic carbocycles. The third kappa shape index (κ3) is 5.29. The molecule has 3 saturated heterocycles. The number of hydrogen-bond acceptors (Lipinski definition) is 8. The van der Waals surface area contributed by atoms with E-state index in [1.54, 1.807) is 19.9 Å². The number of carbonyl (C=O) groups is 2. The predicted molar refractivity (Wildman–Crippen MR) is 116 cm³/mol. The summed E-state index contributed by atoms with van der Waals surface area (Å²) in [5.74, 6) is -0.926. The summed E-state index contributed by atoms with van der Waals surface area (Å²) in [6.07, 6.45) is -1.91. The monoisotopic (exact) mass is 515 g/mol. The molecule has 32 heavy (non-hydrogen) atoms. The van der Waals surface area contributed by atoms with Crippen LogP contribution in [0.15, 0.2) is 12.7 Å². The Morgan fingerprint density at radius 1 is 1.31 bits per heavy atom. The largest absolute Gasteiger partial charge is 0.440 e. The fourth-order valence-corrected chi connectivity index (χ4v) is 3.72. The van der Waals surface area contributed by atoms with Crippen LogP contribution in [0.3, 0.4) is 0 Å². The Balaban J connectivity index is 1.86. The number of halogens is 3. The lowest BCUT2D eigenvalue weighted by atomic mass is 9.95. The second kappa shape index (κ2) is 9.44. The molecule has 2 amide bonds. The zero-order valence-electron chi connectivity index (χ0n) is 18.3. The molecule has 0 aromatic rings. The predicted octanol–water partition coefficient (Wildman–Crippen LogP) is 4.32. The first-order valence-corrected chi connectivity index (χ1v) is 11.4. The minimum Gasteiger partial charge on any atom is -0.440 e. The third-order valence-electron chi connectivity index (χ3n) is 5.42. The average molecular weight is 517 g/mol. The van der Waals surface area contributed by atoms with Crippen molar-refractivity contribution in [1.82, 2.24) is 4.90 Å². The summed E-state index contributed by atoms with van der Waals surface area (Å²) >= 11 is 17.8. The van der Waals surface area contributed by atoms with Crippen molar-refractivity contribution < 1.29 is 38.0 Å². The topological polar surface area (TPSA) is 92.8 Å². The Morgan fingerprint density at radius 2 is 2.00 bits per heavy atom. The molecule has 0 spiro atoms. The lowest BCUT2D eigenvalue weighted by Gasteiger charge is -2.48. The van der Waals surface area contributed by atoms with Crippen molar-refractivity contribution in [1.29, 1.82) is 0 Å². The molecule has 9 nitrogen and oxygen atoms in total. The highest BCUT2D eigenvalue weighted by atomic mass is 35.6. The molecular weight excluding hydrogens is 489 g/mol. The molecule has 3 aliphatic heterocycles. The van der Waals surface area contributed by atoms with Crippen LogP contribution in [-0.4, -0.2) is 76.1 Å². The summed E-state index contributed by atoms with van der Waals surface area (Å²) in [6, 6.07) is -0.972. The molecule has 3 fully saturated rings. The molecule has 1 unspecified atom stereocenters. The standard InChI is InChI=1S/C20H28Cl3NO8/c1-6-7-8-9-27-15-12-14(13-11(29-15)10-28-19(4,5)31-13)30-16(25)24(12)17(26)32-18(2,3)20(21,22)23/h6,11-15H,1,7-10H2,2-5H3/t11-,12+,13-,14-,15?/m1/s1. The van der Waals surface area contributed by atoms with Crippen LogP contribution in [0.4, 0.5) is 9.59 Å². The number of imide groups is 1. The molecule has 182 valence electrons. The van der Waals surface area contributed by atoms with Gasteiger partial charge in [-0.05, 0) is 40.5 Å². The Labute approximate surface area is 202 Å². The van der Waals surface area contributed by atoms with E-state index in [9.17, 15) is 9.59 Å². The zero-order chi connectivity index (χ0) is 23.9. The zero-order valence-corrected chi connectivity index (χ0v) is 20.6. The molecule has 3 aliphatic rings. The highest BCUT2D eigenvalue weighted by Crippen LogP contribution is 2.43. The van der Waals surface area contributed by atoms with Gasteiger partial charge in [0, 0.05) is 0 Å². The number of nitrogens with zero attached hydrogens (tertiary/aromatic N) is 1. The van der Waals surface area contributed by atoms with Crippen molar-refractivity contribution in [2.75, 3.05) is 13.2 Å². The summed E-state index contributed by atoms with van der Waals surface area (Å²) in [4.78, 5) is 26.6. The Kier molecular flexibility index (Phi) is 7.62. The second-order valence-corrected chi connectivity index (χ2v) is 11.0. The minimum absolute atomic E-state index is 0.204. The van der Waals surface area contributed by atoms with Gasteiger partial charge in [0.15, 0.2) is 23.8 Å². The number of ether oxygens (including phenoxy) is 6. The molecule has 3 heterocycles. The van der Waals surface area contributed by atoms with Crippen molar-refractivity contribution in [3.05, 3.63) is 12.7 Å². The number of amides is 2. The summed E-state index contributed by atoms with van der Waals surface area (Å²) < 4.78 is 32.6. The van der Waals surface area contributed by atoms with E-state index < -0.39 is 58.0 Å². The van der Waals surface area contributed by atoms with E-state index in [1.165, 1.54) is 13.8 Å². The normalized spacial score (nSPS) is 32.0. The molecule has 3 rings (SSSR count). The summed E-state index contributed by atoms with van der Waals surface area (Å²) in [5, 5.41) is 0. The molecule has 0 aromatic heterocycles. The molecule has 0 N–H and O–H groups in total. The van der Waals surface area contributed by atoms with Crippen molar-refractivity contribution >= 4 is 47.0 Å². The van der Waals surface area contributed by atoms with Gasteiger partial charge in [0.2, 0.25) is 3.79 Å². The van der Waals surface area contributed by atoms with E-state index in [2.05, 4.69) is 6.58 Å². The Morgan fingerprint density at radius 3 is 2.62 bits per heavy atom. The number of alkyl halides is 3. The SMILES string of the molecule is C=CCCCOC1O[C@@H]2COC(C)(C)O[C@H]2[C@@H]2OC(=O)N(C(=O)OC(C)(C)C(Cl)(Cl)Cl)[C@H]12. The van der Waals surface area contributed by atoms with Gasteiger partial charge in [-0.25, -0.2) is 9.59 Å². The first kappa shape index (κ1) is 25.8. The number of rotatable bonds is 6. The van der Waals surface area contributed by atoms with E-state index in [1.807, 2.05) is 0 Å². The molecular formula is C20H28Cl3NO8. The van der Waals surface area contributed by atoms with Crippen molar-refractivity contribution in [2.24, 2.45) is 0 Å². The van der Waals surface area contributed by atoms with E-state index >= 15 is 0 Å². The maximum atomic E-state index is 13.0. The van der Waals surface area contributed by atoms with Crippen LogP contribution in [0.5, 0.6) is 0 Å². The molecule has 0 aromatic carbocycles. The first-order chi connectivity index (χ1) is 14.8. The average Bonchev–Trinajstić information content (AvgIpc) is 3.01. The van der Waals surface area contributed by atoms with Gasteiger partial charge in [0.1, 0.15) is 18.2 Å². The number of hydrogen-bond donors (Lipinski definition) is 0. The highest BCUT2D eigenvalue weighted by molar-refractivity contribution is 6.68. The smallest absolute Gasteiger partial charge is 0.420 e. The Bertz CT molecular complexity index is 741. The summed E-state index contributed by atoms with van der Waals surface area (Å²) in [6.45, 7) is 10.5. The number of fused-ring (bicyclic) bond motifs is 3. The summed E-state index contributed by atoms with van der Waals surface area (Å²) in [5.41, 5.74) is -1.54. The van der Waals surface area contributed by atoms with E-state index in [0.717, 1.165) is 11.3 Å². The number of unbranched alkanes of at least 4 members (excludes halogenated alkanes) is 1. The maximum Gasteiger partial charge on any atom is 0.420 e. The van der Waals surface area contributed by atoms with Crippen LogP contribution in [-0.2, 0) is 28.4 Å². The fraction of sp³-hybridized carbons (Fsp3) is 0.800. The second-order valence-electron chi connectivity index (χ2n) is 8.72. The molecule has 12 heteroatoms. The summed E-state index contributed by atoms with van der Waals surface area (Å²) in [7, 11) is 0. The quantitative estimate of drug-likeness (QED) is 0.293. The van der Waals surface area contributed by atoms with Crippen LogP contribution in [0.2, 0.25) is 0 Å².